The number of hydrogen-bond donors (Lipinski definition) is 1. The Bertz CT molecular complexity index is 1630. The zero-order valence-corrected chi connectivity index (χ0v) is 23.4. The summed E-state index contributed by atoms with van der Waals surface area (Å²) in [5.41, 5.74) is 2.49. The second-order valence-corrected chi connectivity index (χ2v) is 11.8. The number of ether oxygens (including phenoxy) is 1. The molecular formula is C31H29F4N3O3S. The number of anilines is 1. The van der Waals surface area contributed by atoms with Gasteiger partial charge < -0.3 is 4.74 Å². The number of sulfonamides is 1. The van der Waals surface area contributed by atoms with Crippen molar-refractivity contribution in [2.45, 2.75) is 43.4 Å². The van der Waals surface area contributed by atoms with Crippen LogP contribution < -0.4 is 9.46 Å². The highest BCUT2D eigenvalue weighted by Gasteiger charge is 2.32. The van der Waals surface area contributed by atoms with Gasteiger partial charge in [0, 0.05) is 31.9 Å². The van der Waals surface area contributed by atoms with E-state index in [0.29, 0.717) is 44.0 Å². The number of halogens is 4. The lowest BCUT2D eigenvalue weighted by atomic mass is 9.99. The van der Waals surface area contributed by atoms with Crippen molar-refractivity contribution in [2.75, 3.05) is 17.9 Å². The summed E-state index contributed by atoms with van der Waals surface area (Å²) < 4.78 is 87.2. The average molecular weight is 600 g/mol. The van der Waals surface area contributed by atoms with Gasteiger partial charge in [0.2, 0.25) is 0 Å². The second-order valence-electron chi connectivity index (χ2n) is 10.1. The fraction of sp³-hybridized carbons (Fsp3) is 0.258. The lowest BCUT2D eigenvalue weighted by Gasteiger charge is -2.29. The maximum Gasteiger partial charge on any atom is 0.433 e. The molecule has 0 fully saturated rings. The van der Waals surface area contributed by atoms with Crippen molar-refractivity contribution >= 4 is 15.7 Å². The highest BCUT2D eigenvalue weighted by molar-refractivity contribution is 7.92. The van der Waals surface area contributed by atoms with E-state index in [1.54, 1.807) is 12.1 Å². The molecule has 4 aromatic rings. The van der Waals surface area contributed by atoms with Gasteiger partial charge >= 0.3 is 6.18 Å². The van der Waals surface area contributed by atoms with E-state index in [1.165, 1.54) is 36.0 Å². The second kappa shape index (κ2) is 12.5. The molecule has 0 bridgehead atoms. The monoisotopic (exact) mass is 599 g/mol. The molecule has 0 saturated heterocycles. The number of benzene rings is 3. The molecule has 0 saturated carbocycles. The Balaban J connectivity index is 1.17. The zero-order chi connectivity index (χ0) is 29.7. The number of alkyl halides is 3. The summed E-state index contributed by atoms with van der Waals surface area (Å²) in [6, 6.07) is 21.1. The van der Waals surface area contributed by atoms with E-state index < -0.39 is 27.7 Å². The number of aromatic nitrogens is 1. The third kappa shape index (κ3) is 7.46. The molecule has 2 heterocycles. The molecule has 0 aliphatic carbocycles. The maximum atomic E-state index is 14.8. The minimum Gasteiger partial charge on any atom is -0.493 e. The number of fused-ring (bicyclic) bond motifs is 1. The first-order valence-corrected chi connectivity index (χ1v) is 14.9. The molecule has 0 atom stereocenters. The van der Waals surface area contributed by atoms with E-state index in [1.807, 2.05) is 30.3 Å². The molecule has 0 spiro atoms. The predicted molar refractivity (Wildman–Crippen MR) is 151 cm³/mol. The van der Waals surface area contributed by atoms with E-state index in [0.717, 1.165) is 36.1 Å². The van der Waals surface area contributed by atoms with Crippen molar-refractivity contribution in [3.63, 3.8) is 0 Å². The largest absolute Gasteiger partial charge is 0.493 e. The van der Waals surface area contributed by atoms with Crippen molar-refractivity contribution in [1.29, 1.82) is 0 Å². The fourth-order valence-electron chi connectivity index (χ4n) is 4.82. The SMILES string of the molecule is O=S(=O)(Nc1ccc(OCCCc2ccccc2)cc1F)c1ccc2c(c1)CCN(Cc1ccc(C(F)(F)F)nc1)C2. The molecule has 0 unspecified atom stereocenters. The Hall–Kier alpha value is -3.96. The van der Waals surface area contributed by atoms with Crippen LogP contribution in [0.4, 0.5) is 23.2 Å². The summed E-state index contributed by atoms with van der Waals surface area (Å²) >= 11 is 0. The highest BCUT2D eigenvalue weighted by atomic mass is 32.2. The lowest BCUT2D eigenvalue weighted by Crippen LogP contribution is -2.30. The number of nitrogens with zero attached hydrogens (tertiary/aromatic N) is 2. The van der Waals surface area contributed by atoms with Gasteiger partial charge in [-0.1, -0.05) is 42.5 Å². The van der Waals surface area contributed by atoms with Crippen molar-refractivity contribution in [1.82, 2.24) is 9.88 Å². The molecule has 1 aliphatic rings. The Morgan fingerprint density at radius 2 is 1.74 bits per heavy atom. The highest BCUT2D eigenvalue weighted by Crippen LogP contribution is 2.29. The van der Waals surface area contributed by atoms with E-state index in [9.17, 15) is 26.0 Å². The first-order chi connectivity index (χ1) is 20.1. The molecular weight excluding hydrogens is 570 g/mol. The van der Waals surface area contributed by atoms with Crippen molar-refractivity contribution in [2.24, 2.45) is 0 Å². The minimum atomic E-state index is -4.48. The normalized spacial score (nSPS) is 13.9. The number of nitrogens with one attached hydrogen (secondary N) is 1. The topological polar surface area (TPSA) is 71.5 Å². The van der Waals surface area contributed by atoms with Crippen LogP contribution in [0.1, 0.15) is 34.4 Å². The Kier molecular flexibility index (Phi) is 8.79. The molecule has 3 aromatic carbocycles. The predicted octanol–water partition coefficient (Wildman–Crippen LogP) is 6.61. The smallest absolute Gasteiger partial charge is 0.433 e. The van der Waals surface area contributed by atoms with Crippen LogP contribution in [-0.4, -0.2) is 31.5 Å². The molecule has 42 heavy (non-hydrogen) atoms. The fourth-order valence-corrected chi connectivity index (χ4v) is 5.93. The van der Waals surface area contributed by atoms with E-state index in [4.69, 9.17) is 4.74 Å². The van der Waals surface area contributed by atoms with Crippen molar-refractivity contribution < 1.29 is 30.7 Å². The Morgan fingerprint density at radius 3 is 2.45 bits per heavy atom. The third-order valence-electron chi connectivity index (χ3n) is 7.01. The van der Waals surface area contributed by atoms with E-state index in [-0.39, 0.29) is 10.6 Å². The van der Waals surface area contributed by atoms with Gasteiger partial charge in [0.25, 0.3) is 10.0 Å². The molecule has 0 radical (unpaired) electrons. The van der Waals surface area contributed by atoms with Crippen LogP contribution in [0.25, 0.3) is 0 Å². The average Bonchev–Trinajstić information content (AvgIpc) is 2.97. The molecule has 1 aliphatic heterocycles. The zero-order valence-electron chi connectivity index (χ0n) is 22.6. The first kappa shape index (κ1) is 29.5. The van der Waals surface area contributed by atoms with Gasteiger partial charge in [-0.3, -0.25) is 14.6 Å². The molecule has 6 nitrogen and oxygen atoms in total. The maximum absolute atomic E-state index is 14.8. The standard InChI is InChI=1S/C31H29F4N3O3S/c32-28-18-26(41-16-4-7-22-5-2-1-3-6-22)10-12-29(28)37-42(39,40)27-11-9-25-21-38(15-14-24(25)17-27)20-23-8-13-30(36-19-23)31(33,34)35/h1-3,5-6,8-13,17-19,37H,4,7,14-16,20-21H2. The van der Waals surface area contributed by atoms with Crippen LogP contribution in [0.5, 0.6) is 5.75 Å². The third-order valence-corrected chi connectivity index (χ3v) is 8.37. The molecule has 1 N–H and O–H groups in total. The van der Waals surface area contributed by atoms with Gasteiger partial charge in [0.05, 0.1) is 17.2 Å². The lowest BCUT2D eigenvalue weighted by molar-refractivity contribution is -0.141. The number of hydrogen-bond acceptors (Lipinski definition) is 5. The summed E-state index contributed by atoms with van der Waals surface area (Å²) in [5.74, 6) is -0.431. The van der Waals surface area contributed by atoms with Gasteiger partial charge in [-0.15, -0.1) is 0 Å². The van der Waals surface area contributed by atoms with Crippen LogP contribution >= 0.6 is 0 Å². The minimum absolute atomic E-state index is 0.0160. The Labute approximate surface area is 242 Å². The molecule has 5 rings (SSSR count). The summed E-state index contributed by atoms with van der Waals surface area (Å²) in [5, 5.41) is 0. The summed E-state index contributed by atoms with van der Waals surface area (Å²) in [6.45, 7) is 1.91. The first-order valence-electron chi connectivity index (χ1n) is 13.4. The van der Waals surface area contributed by atoms with Crippen molar-refractivity contribution in [3.8, 4) is 5.75 Å². The van der Waals surface area contributed by atoms with Crippen LogP contribution in [-0.2, 0) is 42.1 Å². The van der Waals surface area contributed by atoms with Crippen LogP contribution in [0.15, 0.2) is 90.0 Å². The molecule has 220 valence electrons. The van der Waals surface area contributed by atoms with Gasteiger partial charge in [-0.2, -0.15) is 13.2 Å². The quantitative estimate of drug-likeness (QED) is 0.164. The summed E-state index contributed by atoms with van der Waals surface area (Å²) in [4.78, 5) is 5.58. The number of rotatable bonds is 10. The molecule has 0 amide bonds. The summed E-state index contributed by atoms with van der Waals surface area (Å²) in [7, 11) is -4.06. The van der Waals surface area contributed by atoms with E-state index in [2.05, 4.69) is 14.6 Å². The van der Waals surface area contributed by atoms with Gasteiger partial charge in [-0.05, 0) is 71.8 Å². The number of aryl methyl sites for hydroxylation is 1. The van der Waals surface area contributed by atoms with Crippen LogP contribution in [0, 0.1) is 5.82 Å². The van der Waals surface area contributed by atoms with Crippen molar-refractivity contribution in [3.05, 3.63) is 119 Å². The van der Waals surface area contributed by atoms with Gasteiger partial charge in [-0.25, -0.2) is 12.8 Å². The molecule has 1 aromatic heterocycles. The van der Waals surface area contributed by atoms with Crippen LogP contribution in [0.3, 0.4) is 0 Å². The van der Waals surface area contributed by atoms with E-state index >= 15 is 0 Å². The number of pyridine rings is 1. The summed E-state index contributed by atoms with van der Waals surface area (Å²) in [6.07, 6.45) is -1.12. The van der Waals surface area contributed by atoms with Crippen LogP contribution in [0.2, 0.25) is 0 Å². The Morgan fingerprint density at radius 1 is 0.929 bits per heavy atom. The van der Waals surface area contributed by atoms with Gasteiger partial charge in [0.15, 0.2) is 5.82 Å². The van der Waals surface area contributed by atoms with Gasteiger partial charge in [0.1, 0.15) is 11.4 Å². The molecule has 11 heteroatoms.